The first-order chi connectivity index (χ1) is 9.06. The third-order valence-electron chi connectivity index (χ3n) is 3.61. The third kappa shape index (κ3) is 3.56. The Kier molecular flexibility index (Phi) is 4.20. The molecule has 1 aromatic rings. The minimum absolute atomic E-state index is 0.0112. The molecule has 2 rings (SSSR count). The SMILES string of the molecule is CC1CC(NC(=O)CCc2ccccc2C(=O)O)C1. The molecule has 1 fully saturated rings. The van der Waals surface area contributed by atoms with Crippen LogP contribution in [-0.4, -0.2) is 23.0 Å². The van der Waals surface area contributed by atoms with E-state index >= 15 is 0 Å². The number of benzene rings is 1. The van der Waals surface area contributed by atoms with Gasteiger partial charge in [-0.25, -0.2) is 4.79 Å². The number of carbonyl (C=O) groups excluding carboxylic acids is 1. The standard InChI is InChI=1S/C15H19NO3/c1-10-8-12(9-10)16-14(17)7-6-11-4-2-3-5-13(11)15(18)19/h2-5,10,12H,6-9H2,1H3,(H,16,17)(H,18,19). The van der Waals surface area contributed by atoms with E-state index in [4.69, 9.17) is 5.11 Å². The molecule has 0 aromatic heterocycles. The van der Waals surface area contributed by atoms with Crippen LogP contribution < -0.4 is 5.32 Å². The molecular formula is C15H19NO3. The number of hydrogen-bond acceptors (Lipinski definition) is 2. The van der Waals surface area contributed by atoms with Gasteiger partial charge in [-0.3, -0.25) is 4.79 Å². The van der Waals surface area contributed by atoms with Crippen molar-refractivity contribution in [2.75, 3.05) is 0 Å². The smallest absolute Gasteiger partial charge is 0.335 e. The predicted octanol–water partition coefficient (Wildman–Crippen LogP) is 2.23. The van der Waals surface area contributed by atoms with Gasteiger partial charge >= 0.3 is 5.97 Å². The van der Waals surface area contributed by atoms with Crippen molar-refractivity contribution in [3.8, 4) is 0 Å². The van der Waals surface area contributed by atoms with E-state index in [1.807, 2.05) is 0 Å². The van der Waals surface area contributed by atoms with Crippen molar-refractivity contribution in [3.63, 3.8) is 0 Å². The molecule has 19 heavy (non-hydrogen) atoms. The molecule has 0 bridgehead atoms. The lowest BCUT2D eigenvalue weighted by molar-refractivity contribution is -0.122. The highest BCUT2D eigenvalue weighted by molar-refractivity contribution is 5.89. The van der Waals surface area contributed by atoms with E-state index in [1.165, 1.54) is 0 Å². The van der Waals surface area contributed by atoms with Crippen molar-refractivity contribution < 1.29 is 14.7 Å². The Labute approximate surface area is 112 Å². The Bertz CT molecular complexity index is 478. The highest BCUT2D eigenvalue weighted by Crippen LogP contribution is 2.26. The van der Waals surface area contributed by atoms with Crippen molar-refractivity contribution in [1.82, 2.24) is 5.32 Å². The molecule has 1 aliphatic rings. The van der Waals surface area contributed by atoms with Crippen LogP contribution in [0.2, 0.25) is 0 Å². The zero-order valence-corrected chi connectivity index (χ0v) is 11.1. The van der Waals surface area contributed by atoms with Crippen LogP contribution in [0.1, 0.15) is 42.1 Å². The molecule has 1 aliphatic carbocycles. The first kappa shape index (κ1) is 13.6. The molecule has 4 nitrogen and oxygen atoms in total. The maximum absolute atomic E-state index is 11.7. The van der Waals surface area contributed by atoms with Crippen LogP contribution in [-0.2, 0) is 11.2 Å². The Morgan fingerprint density at radius 3 is 2.63 bits per heavy atom. The summed E-state index contributed by atoms with van der Waals surface area (Å²) in [5.74, 6) is -0.223. The van der Waals surface area contributed by atoms with Gasteiger partial charge in [-0.1, -0.05) is 25.1 Å². The van der Waals surface area contributed by atoms with Crippen molar-refractivity contribution in [2.45, 2.75) is 38.6 Å². The van der Waals surface area contributed by atoms with Gasteiger partial charge in [0.2, 0.25) is 5.91 Å². The number of aryl methyl sites for hydroxylation is 1. The molecule has 2 N–H and O–H groups in total. The lowest BCUT2D eigenvalue weighted by Gasteiger charge is -2.33. The van der Waals surface area contributed by atoms with Gasteiger partial charge in [0.05, 0.1) is 5.56 Å². The molecule has 1 aromatic carbocycles. The number of carboxylic acid groups (broad SMARTS) is 1. The van der Waals surface area contributed by atoms with E-state index in [0.29, 0.717) is 30.4 Å². The molecule has 0 spiro atoms. The fourth-order valence-corrected chi connectivity index (χ4v) is 2.52. The second kappa shape index (κ2) is 5.87. The van der Waals surface area contributed by atoms with E-state index in [0.717, 1.165) is 12.8 Å². The predicted molar refractivity (Wildman–Crippen MR) is 72.1 cm³/mol. The van der Waals surface area contributed by atoms with Gasteiger partial charge in [-0.2, -0.15) is 0 Å². The molecule has 0 unspecified atom stereocenters. The number of rotatable bonds is 5. The average Bonchev–Trinajstić information content (AvgIpc) is 2.34. The molecule has 1 amide bonds. The topological polar surface area (TPSA) is 66.4 Å². The summed E-state index contributed by atoms with van der Waals surface area (Å²) in [5, 5.41) is 12.0. The van der Waals surface area contributed by atoms with Gasteiger partial charge in [0, 0.05) is 12.5 Å². The normalized spacial score (nSPS) is 21.5. The number of carboxylic acids is 1. The summed E-state index contributed by atoms with van der Waals surface area (Å²) >= 11 is 0. The summed E-state index contributed by atoms with van der Waals surface area (Å²) in [4.78, 5) is 22.8. The molecule has 4 heteroatoms. The van der Waals surface area contributed by atoms with E-state index in [2.05, 4.69) is 12.2 Å². The summed E-state index contributed by atoms with van der Waals surface area (Å²) in [6, 6.07) is 7.15. The van der Waals surface area contributed by atoms with Crippen LogP contribution in [0.15, 0.2) is 24.3 Å². The summed E-state index contributed by atoms with van der Waals surface area (Å²) in [6.45, 7) is 2.17. The van der Waals surface area contributed by atoms with E-state index < -0.39 is 5.97 Å². The maximum atomic E-state index is 11.7. The van der Waals surface area contributed by atoms with E-state index in [1.54, 1.807) is 24.3 Å². The van der Waals surface area contributed by atoms with Gasteiger partial charge in [0.25, 0.3) is 0 Å². The van der Waals surface area contributed by atoms with Crippen molar-refractivity contribution in [1.29, 1.82) is 0 Å². The highest BCUT2D eigenvalue weighted by atomic mass is 16.4. The van der Waals surface area contributed by atoms with Gasteiger partial charge in [0.1, 0.15) is 0 Å². The number of nitrogens with one attached hydrogen (secondary N) is 1. The highest BCUT2D eigenvalue weighted by Gasteiger charge is 2.26. The number of carbonyl (C=O) groups is 2. The minimum Gasteiger partial charge on any atom is -0.478 e. The van der Waals surface area contributed by atoms with Crippen molar-refractivity contribution in [3.05, 3.63) is 35.4 Å². The molecule has 102 valence electrons. The van der Waals surface area contributed by atoms with Gasteiger partial charge in [0.15, 0.2) is 0 Å². The lowest BCUT2D eigenvalue weighted by Crippen LogP contribution is -2.43. The number of amides is 1. The Morgan fingerprint density at radius 2 is 2.00 bits per heavy atom. The molecule has 0 heterocycles. The first-order valence-corrected chi connectivity index (χ1v) is 6.67. The summed E-state index contributed by atoms with van der Waals surface area (Å²) in [5.41, 5.74) is 1.000. The van der Waals surface area contributed by atoms with Crippen LogP contribution in [0.5, 0.6) is 0 Å². The van der Waals surface area contributed by atoms with E-state index in [9.17, 15) is 9.59 Å². The second-order valence-electron chi connectivity index (χ2n) is 5.30. The summed E-state index contributed by atoms with van der Waals surface area (Å²) < 4.78 is 0. The summed E-state index contributed by atoms with van der Waals surface area (Å²) in [6.07, 6.45) is 2.92. The molecule has 1 saturated carbocycles. The van der Waals surface area contributed by atoms with Crippen LogP contribution >= 0.6 is 0 Å². The Morgan fingerprint density at radius 1 is 1.32 bits per heavy atom. The maximum Gasteiger partial charge on any atom is 0.335 e. The Balaban J connectivity index is 1.85. The van der Waals surface area contributed by atoms with Gasteiger partial charge < -0.3 is 10.4 Å². The lowest BCUT2D eigenvalue weighted by atomic mass is 9.82. The van der Waals surface area contributed by atoms with Crippen LogP contribution in [0, 0.1) is 5.92 Å². The zero-order valence-electron chi connectivity index (χ0n) is 11.1. The number of aromatic carboxylic acids is 1. The Hall–Kier alpha value is -1.84. The van der Waals surface area contributed by atoms with E-state index in [-0.39, 0.29) is 11.5 Å². The minimum atomic E-state index is -0.941. The van der Waals surface area contributed by atoms with Crippen molar-refractivity contribution in [2.24, 2.45) is 5.92 Å². The third-order valence-corrected chi connectivity index (χ3v) is 3.61. The van der Waals surface area contributed by atoms with Crippen LogP contribution in [0.3, 0.4) is 0 Å². The molecule has 0 atom stereocenters. The van der Waals surface area contributed by atoms with Gasteiger partial charge in [-0.15, -0.1) is 0 Å². The molecular weight excluding hydrogens is 242 g/mol. The summed E-state index contributed by atoms with van der Waals surface area (Å²) in [7, 11) is 0. The molecule has 0 radical (unpaired) electrons. The largest absolute Gasteiger partial charge is 0.478 e. The average molecular weight is 261 g/mol. The van der Waals surface area contributed by atoms with Crippen LogP contribution in [0.25, 0.3) is 0 Å². The fourth-order valence-electron chi connectivity index (χ4n) is 2.52. The fraction of sp³-hybridized carbons (Fsp3) is 0.467. The molecule has 0 saturated heterocycles. The quantitative estimate of drug-likeness (QED) is 0.854. The number of hydrogen-bond donors (Lipinski definition) is 2. The molecule has 0 aliphatic heterocycles. The zero-order chi connectivity index (χ0) is 13.8. The second-order valence-corrected chi connectivity index (χ2v) is 5.30. The van der Waals surface area contributed by atoms with Gasteiger partial charge in [-0.05, 0) is 36.8 Å². The first-order valence-electron chi connectivity index (χ1n) is 6.67. The monoisotopic (exact) mass is 261 g/mol. The van der Waals surface area contributed by atoms with Crippen LogP contribution in [0.4, 0.5) is 0 Å². The van der Waals surface area contributed by atoms with Crippen molar-refractivity contribution >= 4 is 11.9 Å².